The number of thiophene rings is 1. The molecule has 1 aromatic heterocycles. The van der Waals surface area contributed by atoms with Gasteiger partial charge >= 0.3 is 0 Å². The van der Waals surface area contributed by atoms with Crippen LogP contribution in [0.15, 0.2) is 17.5 Å². The van der Waals surface area contributed by atoms with Crippen LogP contribution in [0.25, 0.3) is 0 Å². The Labute approximate surface area is 93.3 Å². The van der Waals surface area contributed by atoms with Gasteiger partial charge in [-0.25, -0.2) is 0 Å². The van der Waals surface area contributed by atoms with Gasteiger partial charge in [-0.2, -0.15) is 0 Å². The van der Waals surface area contributed by atoms with Crippen molar-refractivity contribution in [2.24, 2.45) is 5.92 Å². The van der Waals surface area contributed by atoms with Gasteiger partial charge in [-0.3, -0.25) is 4.79 Å². The maximum absolute atomic E-state index is 11.6. The minimum atomic E-state index is -0.0284. The van der Waals surface area contributed by atoms with Gasteiger partial charge in [-0.05, 0) is 17.4 Å². The van der Waals surface area contributed by atoms with Crippen LogP contribution in [0.2, 0.25) is 0 Å². The van der Waals surface area contributed by atoms with E-state index in [2.05, 4.69) is 5.32 Å². The fourth-order valence-corrected chi connectivity index (χ4v) is 2.09. The van der Waals surface area contributed by atoms with E-state index in [0.717, 1.165) is 4.88 Å². The van der Waals surface area contributed by atoms with Crippen LogP contribution >= 0.6 is 22.9 Å². The number of carbonyl (C=O) groups excluding carboxylic acids is 1. The standard InChI is InChI=1S/C10H14ClNOS/c1-7(2)8(6-11)12-10(13)9-4-3-5-14-9/h3-5,7-8H,6H2,1-2H3,(H,12,13). The first-order valence-electron chi connectivity index (χ1n) is 4.55. The number of rotatable bonds is 4. The monoisotopic (exact) mass is 231 g/mol. The molecule has 1 atom stereocenters. The minimum absolute atomic E-state index is 0.0284. The lowest BCUT2D eigenvalue weighted by Gasteiger charge is -2.19. The smallest absolute Gasteiger partial charge is 0.261 e. The van der Waals surface area contributed by atoms with Crippen LogP contribution in [0.3, 0.4) is 0 Å². The van der Waals surface area contributed by atoms with Crippen molar-refractivity contribution < 1.29 is 4.79 Å². The Morgan fingerprint density at radius 2 is 2.36 bits per heavy atom. The van der Waals surface area contributed by atoms with Crippen LogP contribution in [0.1, 0.15) is 23.5 Å². The third-order valence-electron chi connectivity index (χ3n) is 2.03. The second kappa shape index (κ2) is 5.37. The van der Waals surface area contributed by atoms with Gasteiger partial charge in [-0.1, -0.05) is 19.9 Å². The average molecular weight is 232 g/mol. The average Bonchev–Trinajstić information content (AvgIpc) is 2.65. The van der Waals surface area contributed by atoms with Crippen molar-refractivity contribution >= 4 is 28.8 Å². The molecule has 0 aliphatic rings. The van der Waals surface area contributed by atoms with Crippen LogP contribution in [0.5, 0.6) is 0 Å². The van der Waals surface area contributed by atoms with Gasteiger partial charge in [0.2, 0.25) is 0 Å². The first kappa shape index (κ1) is 11.5. The Kier molecular flexibility index (Phi) is 4.42. The van der Waals surface area contributed by atoms with Gasteiger partial charge in [0.25, 0.3) is 5.91 Å². The number of amides is 1. The highest BCUT2D eigenvalue weighted by Gasteiger charge is 2.16. The van der Waals surface area contributed by atoms with E-state index in [-0.39, 0.29) is 11.9 Å². The predicted octanol–water partition coefficient (Wildman–Crippen LogP) is 2.74. The number of hydrogen-bond acceptors (Lipinski definition) is 2. The zero-order valence-electron chi connectivity index (χ0n) is 8.29. The number of carbonyl (C=O) groups is 1. The molecule has 14 heavy (non-hydrogen) atoms. The largest absolute Gasteiger partial charge is 0.347 e. The summed E-state index contributed by atoms with van der Waals surface area (Å²) in [6.07, 6.45) is 0. The van der Waals surface area contributed by atoms with E-state index >= 15 is 0 Å². The van der Waals surface area contributed by atoms with Gasteiger partial charge in [0, 0.05) is 11.9 Å². The Balaban J connectivity index is 2.56. The Hall–Kier alpha value is -0.540. The minimum Gasteiger partial charge on any atom is -0.347 e. The number of nitrogens with one attached hydrogen (secondary N) is 1. The molecular weight excluding hydrogens is 218 g/mol. The Morgan fingerprint density at radius 3 is 2.79 bits per heavy atom. The van der Waals surface area contributed by atoms with Crippen LogP contribution in [0, 0.1) is 5.92 Å². The summed E-state index contributed by atoms with van der Waals surface area (Å²) in [5, 5.41) is 4.80. The number of hydrogen-bond donors (Lipinski definition) is 1. The molecule has 2 nitrogen and oxygen atoms in total. The van der Waals surface area contributed by atoms with Crippen molar-refractivity contribution in [2.75, 3.05) is 5.88 Å². The predicted molar refractivity (Wildman–Crippen MR) is 61.1 cm³/mol. The number of halogens is 1. The zero-order valence-corrected chi connectivity index (χ0v) is 9.86. The van der Waals surface area contributed by atoms with Crippen molar-refractivity contribution in [3.05, 3.63) is 22.4 Å². The van der Waals surface area contributed by atoms with Crippen molar-refractivity contribution in [1.29, 1.82) is 0 Å². The van der Waals surface area contributed by atoms with Crippen LogP contribution < -0.4 is 5.32 Å². The molecule has 0 bridgehead atoms. The van der Waals surface area contributed by atoms with Gasteiger partial charge in [0.05, 0.1) is 4.88 Å². The summed E-state index contributed by atoms with van der Waals surface area (Å²) in [5.74, 6) is 0.783. The molecule has 0 saturated carbocycles. The summed E-state index contributed by atoms with van der Waals surface area (Å²) in [6, 6.07) is 3.72. The van der Waals surface area contributed by atoms with Gasteiger partial charge in [0.1, 0.15) is 0 Å². The number of alkyl halides is 1. The fraction of sp³-hybridized carbons (Fsp3) is 0.500. The molecular formula is C10H14ClNOS. The summed E-state index contributed by atoms with van der Waals surface area (Å²) >= 11 is 7.20. The molecule has 0 spiro atoms. The highest BCUT2D eigenvalue weighted by molar-refractivity contribution is 7.12. The lowest BCUT2D eigenvalue weighted by Crippen LogP contribution is -2.39. The van der Waals surface area contributed by atoms with Crippen molar-refractivity contribution in [1.82, 2.24) is 5.32 Å². The van der Waals surface area contributed by atoms with Crippen LogP contribution in [-0.4, -0.2) is 17.8 Å². The molecule has 0 fully saturated rings. The summed E-state index contributed by atoms with van der Waals surface area (Å²) in [5.41, 5.74) is 0. The van der Waals surface area contributed by atoms with E-state index in [1.165, 1.54) is 11.3 Å². The molecule has 0 radical (unpaired) electrons. The second-order valence-corrected chi connectivity index (χ2v) is 4.71. The first-order valence-corrected chi connectivity index (χ1v) is 5.97. The molecule has 1 amide bonds. The molecule has 1 rings (SSSR count). The van der Waals surface area contributed by atoms with E-state index < -0.39 is 0 Å². The molecule has 4 heteroatoms. The maximum atomic E-state index is 11.6. The third kappa shape index (κ3) is 3.00. The van der Waals surface area contributed by atoms with Crippen LogP contribution in [0.4, 0.5) is 0 Å². The van der Waals surface area contributed by atoms with Crippen molar-refractivity contribution in [3.63, 3.8) is 0 Å². The second-order valence-electron chi connectivity index (χ2n) is 3.46. The third-order valence-corrected chi connectivity index (χ3v) is 3.23. The maximum Gasteiger partial charge on any atom is 0.261 e. The van der Waals surface area contributed by atoms with E-state index in [1.54, 1.807) is 0 Å². The van der Waals surface area contributed by atoms with E-state index in [9.17, 15) is 4.79 Å². The molecule has 1 heterocycles. The summed E-state index contributed by atoms with van der Waals surface area (Å²) in [6.45, 7) is 4.09. The van der Waals surface area contributed by atoms with E-state index in [4.69, 9.17) is 11.6 Å². The molecule has 0 aliphatic heterocycles. The lowest BCUT2D eigenvalue weighted by atomic mass is 10.1. The molecule has 78 valence electrons. The van der Waals surface area contributed by atoms with Gasteiger partial charge in [0.15, 0.2) is 0 Å². The Morgan fingerprint density at radius 1 is 1.64 bits per heavy atom. The highest BCUT2D eigenvalue weighted by Crippen LogP contribution is 2.10. The van der Waals surface area contributed by atoms with Gasteiger partial charge < -0.3 is 5.32 Å². The highest BCUT2D eigenvalue weighted by atomic mass is 35.5. The lowest BCUT2D eigenvalue weighted by molar-refractivity contribution is 0.0935. The SMILES string of the molecule is CC(C)C(CCl)NC(=O)c1cccs1. The molecule has 1 unspecified atom stereocenters. The van der Waals surface area contributed by atoms with Crippen LogP contribution in [-0.2, 0) is 0 Å². The van der Waals surface area contributed by atoms with Crippen molar-refractivity contribution in [3.8, 4) is 0 Å². The molecule has 1 aromatic rings. The molecule has 0 aromatic carbocycles. The Bertz CT molecular complexity index is 284. The summed E-state index contributed by atoms with van der Waals surface area (Å²) in [7, 11) is 0. The van der Waals surface area contributed by atoms with E-state index in [0.29, 0.717) is 11.8 Å². The molecule has 0 aliphatic carbocycles. The van der Waals surface area contributed by atoms with Gasteiger partial charge in [-0.15, -0.1) is 22.9 Å². The zero-order chi connectivity index (χ0) is 10.6. The normalized spacial score (nSPS) is 12.9. The topological polar surface area (TPSA) is 29.1 Å². The quantitative estimate of drug-likeness (QED) is 0.794. The molecule has 0 saturated heterocycles. The fourth-order valence-electron chi connectivity index (χ4n) is 1.03. The first-order chi connectivity index (χ1) is 6.65. The molecule has 1 N–H and O–H groups in total. The summed E-state index contributed by atoms with van der Waals surface area (Å²) in [4.78, 5) is 12.4. The van der Waals surface area contributed by atoms with Crippen molar-refractivity contribution in [2.45, 2.75) is 19.9 Å². The summed E-state index contributed by atoms with van der Waals surface area (Å²) < 4.78 is 0. The van der Waals surface area contributed by atoms with E-state index in [1.807, 2.05) is 31.4 Å².